The van der Waals surface area contributed by atoms with E-state index in [1.165, 1.54) is 12.0 Å². The highest BCUT2D eigenvalue weighted by Crippen LogP contribution is 2.35. The molecule has 0 nitrogen and oxygen atoms in total. The maximum Gasteiger partial charge on any atom is -0.00986 e. The lowest BCUT2D eigenvalue weighted by Crippen LogP contribution is -2.24. The van der Waals surface area contributed by atoms with E-state index in [2.05, 4.69) is 65.0 Å². The number of hydrogen-bond donors (Lipinski definition) is 0. The van der Waals surface area contributed by atoms with E-state index in [4.69, 9.17) is 0 Å². The number of benzene rings is 1. The van der Waals surface area contributed by atoms with Crippen LogP contribution in [0.4, 0.5) is 0 Å². The van der Waals surface area contributed by atoms with Crippen LogP contribution in [-0.2, 0) is 5.41 Å². The van der Waals surface area contributed by atoms with E-state index in [0.29, 0.717) is 5.41 Å². The van der Waals surface area contributed by atoms with Gasteiger partial charge in [0.05, 0.1) is 0 Å². The Morgan fingerprint density at radius 1 is 0.812 bits per heavy atom. The third kappa shape index (κ3) is 5.34. The fourth-order valence-corrected chi connectivity index (χ4v) is 2.32. The molecule has 0 heteroatoms. The Balaban J connectivity index is 0.00000106. The lowest BCUT2D eigenvalue weighted by atomic mass is 9.72. The first kappa shape index (κ1) is 15.2. The molecule has 0 radical (unpaired) electrons. The second kappa shape index (κ2) is 6.08. The Bertz CT molecular complexity index is 275. The quantitative estimate of drug-likeness (QED) is 0.623. The number of rotatable bonds is 2. The molecule has 0 unspecified atom stereocenters. The standard InChI is InChI=1S/C14H22.C2H6/c1-13(2,3)11-14(4,5)12-9-7-6-8-10-12;1-2/h6-10H,11H2,1-5H3;1-2H3. The van der Waals surface area contributed by atoms with Crippen LogP contribution in [0.1, 0.15) is 60.5 Å². The van der Waals surface area contributed by atoms with E-state index >= 15 is 0 Å². The molecule has 0 bridgehead atoms. The van der Waals surface area contributed by atoms with Crippen LogP contribution in [0.3, 0.4) is 0 Å². The molecule has 1 aromatic carbocycles. The molecule has 0 heterocycles. The van der Waals surface area contributed by atoms with Crippen molar-refractivity contribution in [3.05, 3.63) is 35.9 Å². The van der Waals surface area contributed by atoms with Crippen molar-refractivity contribution in [1.82, 2.24) is 0 Å². The van der Waals surface area contributed by atoms with Crippen molar-refractivity contribution in [2.75, 3.05) is 0 Å². The van der Waals surface area contributed by atoms with Crippen molar-refractivity contribution in [3.8, 4) is 0 Å². The molecule has 0 aliphatic carbocycles. The molecule has 1 aromatic rings. The molecule has 0 spiro atoms. The van der Waals surface area contributed by atoms with Gasteiger partial charge in [-0.15, -0.1) is 0 Å². The highest BCUT2D eigenvalue weighted by atomic mass is 14.3. The Morgan fingerprint density at radius 3 is 1.62 bits per heavy atom. The minimum absolute atomic E-state index is 0.277. The molecule has 0 atom stereocenters. The van der Waals surface area contributed by atoms with Gasteiger partial charge in [0, 0.05) is 0 Å². The first-order chi connectivity index (χ1) is 7.31. The molecule has 0 fully saturated rings. The Morgan fingerprint density at radius 2 is 1.25 bits per heavy atom. The van der Waals surface area contributed by atoms with Crippen molar-refractivity contribution in [2.24, 2.45) is 5.41 Å². The van der Waals surface area contributed by atoms with E-state index in [1.54, 1.807) is 0 Å². The minimum Gasteiger partial charge on any atom is -0.0683 e. The second-order valence-electron chi connectivity index (χ2n) is 5.99. The van der Waals surface area contributed by atoms with Crippen LogP contribution in [0.5, 0.6) is 0 Å². The topological polar surface area (TPSA) is 0 Å². The molecule has 0 aliphatic rings. The fourth-order valence-electron chi connectivity index (χ4n) is 2.32. The van der Waals surface area contributed by atoms with E-state index in [0.717, 1.165) is 0 Å². The normalized spacial score (nSPS) is 11.7. The van der Waals surface area contributed by atoms with E-state index in [1.807, 2.05) is 13.8 Å². The van der Waals surface area contributed by atoms with Crippen LogP contribution in [0.15, 0.2) is 30.3 Å². The van der Waals surface area contributed by atoms with Gasteiger partial charge < -0.3 is 0 Å². The maximum atomic E-state index is 2.33. The van der Waals surface area contributed by atoms with E-state index in [-0.39, 0.29) is 5.41 Å². The average molecular weight is 220 g/mol. The first-order valence-electron chi connectivity index (χ1n) is 6.37. The van der Waals surface area contributed by atoms with Gasteiger partial charge in [0.2, 0.25) is 0 Å². The molecular formula is C16H28. The van der Waals surface area contributed by atoms with Crippen LogP contribution in [0.2, 0.25) is 0 Å². The summed E-state index contributed by atoms with van der Waals surface area (Å²) in [6.07, 6.45) is 1.21. The van der Waals surface area contributed by atoms with Crippen molar-refractivity contribution in [1.29, 1.82) is 0 Å². The minimum atomic E-state index is 0.277. The summed E-state index contributed by atoms with van der Waals surface area (Å²) in [6, 6.07) is 10.8. The highest BCUT2D eigenvalue weighted by molar-refractivity contribution is 5.23. The van der Waals surface area contributed by atoms with Gasteiger partial charge >= 0.3 is 0 Å². The van der Waals surface area contributed by atoms with Crippen LogP contribution in [0.25, 0.3) is 0 Å². The molecule has 0 saturated heterocycles. The fraction of sp³-hybridized carbons (Fsp3) is 0.625. The monoisotopic (exact) mass is 220 g/mol. The van der Waals surface area contributed by atoms with Gasteiger partial charge in [-0.05, 0) is 22.8 Å². The molecule has 0 N–H and O–H groups in total. The summed E-state index contributed by atoms with van der Waals surface area (Å²) in [5, 5.41) is 0. The third-order valence-electron chi connectivity index (χ3n) is 2.53. The summed E-state index contributed by atoms with van der Waals surface area (Å²) >= 11 is 0. The summed E-state index contributed by atoms with van der Waals surface area (Å²) in [4.78, 5) is 0. The number of hydrogen-bond acceptors (Lipinski definition) is 0. The van der Waals surface area contributed by atoms with Gasteiger partial charge in [-0.25, -0.2) is 0 Å². The summed E-state index contributed by atoms with van der Waals surface area (Å²) in [7, 11) is 0. The Labute approximate surface area is 102 Å². The molecule has 16 heavy (non-hydrogen) atoms. The van der Waals surface area contributed by atoms with Gasteiger partial charge in [-0.1, -0.05) is 78.8 Å². The summed E-state index contributed by atoms with van der Waals surface area (Å²) in [5.74, 6) is 0. The van der Waals surface area contributed by atoms with Gasteiger partial charge in [-0.3, -0.25) is 0 Å². The average Bonchev–Trinajstić information content (AvgIpc) is 2.19. The second-order valence-corrected chi connectivity index (χ2v) is 5.99. The lowest BCUT2D eigenvalue weighted by Gasteiger charge is -2.32. The van der Waals surface area contributed by atoms with Gasteiger partial charge in [0.1, 0.15) is 0 Å². The van der Waals surface area contributed by atoms with E-state index in [9.17, 15) is 0 Å². The smallest absolute Gasteiger partial charge is 0.00986 e. The van der Waals surface area contributed by atoms with Crippen molar-refractivity contribution in [3.63, 3.8) is 0 Å². The van der Waals surface area contributed by atoms with Crippen molar-refractivity contribution in [2.45, 2.75) is 60.3 Å². The maximum absolute atomic E-state index is 2.33. The predicted molar refractivity (Wildman–Crippen MR) is 74.9 cm³/mol. The third-order valence-corrected chi connectivity index (χ3v) is 2.53. The largest absolute Gasteiger partial charge is 0.0683 e. The van der Waals surface area contributed by atoms with Gasteiger partial charge in [0.15, 0.2) is 0 Å². The van der Waals surface area contributed by atoms with Gasteiger partial charge in [0.25, 0.3) is 0 Å². The molecule has 1 rings (SSSR count). The highest BCUT2D eigenvalue weighted by Gasteiger charge is 2.26. The summed E-state index contributed by atoms with van der Waals surface area (Å²) in [6.45, 7) is 15.6. The van der Waals surface area contributed by atoms with Crippen molar-refractivity contribution < 1.29 is 0 Å². The summed E-state index contributed by atoms with van der Waals surface area (Å²) < 4.78 is 0. The summed E-state index contributed by atoms with van der Waals surface area (Å²) in [5.41, 5.74) is 2.11. The van der Waals surface area contributed by atoms with Crippen LogP contribution in [-0.4, -0.2) is 0 Å². The zero-order valence-electron chi connectivity index (χ0n) is 12.1. The first-order valence-corrected chi connectivity index (χ1v) is 6.37. The van der Waals surface area contributed by atoms with Crippen LogP contribution < -0.4 is 0 Å². The molecule has 0 amide bonds. The Kier molecular flexibility index (Phi) is 5.78. The zero-order chi connectivity index (χ0) is 12.8. The van der Waals surface area contributed by atoms with Crippen LogP contribution in [0, 0.1) is 5.41 Å². The molecule has 92 valence electrons. The van der Waals surface area contributed by atoms with Crippen LogP contribution >= 0.6 is 0 Å². The zero-order valence-corrected chi connectivity index (χ0v) is 12.1. The molecule has 0 saturated carbocycles. The molecule has 0 aliphatic heterocycles. The van der Waals surface area contributed by atoms with Crippen molar-refractivity contribution >= 4 is 0 Å². The molecular weight excluding hydrogens is 192 g/mol. The lowest BCUT2D eigenvalue weighted by molar-refractivity contribution is 0.284. The van der Waals surface area contributed by atoms with E-state index < -0.39 is 0 Å². The van der Waals surface area contributed by atoms with Gasteiger partial charge in [-0.2, -0.15) is 0 Å². The predicted octanol–water partition coefficient (Wildman–Crippen LogP) is 5.43. The molecule has 0 aromatic heterocycles. The Hall–Kier alpha value is -0.780. The SMILES string of the molecule is CC.CC(C)(C)CC(C)(C)c1ccccc1.